The van der Waals surface area contributed by atoms with Crippen LogP contribution in [0, 0.1) is 0 Å². The Hall–Kier alpha value is -2.09. The van der Waals surface area contributed by atoms with Gasteiger partial charge in [0.05, 0.1) is 13.2 Å². The van der Waals surface area contributed by atoms with Gasteiger partial charge in [-0.2, -0.15) is 15.4 Å². The molecule has 0 unspecified atom stereocenters. The Morgan fingerprint density at radius 3 is 2.62 bits per heavy atom. The highest BCUT2D eigenvalue weighted by atomic mass is 79.9. The molecule has 7 nitrogen and oxygen atoms in total. The molecule has 21 heavy (non-hydrogen) atoms. The number of H-pyrrole nitrogens is 1. The molecule has 2 aromatic rings. The summed E-state index contributed by atoms with van der Waals surface area (Å²) in [5.74, 6) is 0.458. The van der Waals surface area contributed by atoms with Crippen LogP contribution in [0.5, 0.6) is 11.5 Å². The number of primary amides is 1. The van der Waals surface area contributed by atoms with E-state index in [1.54, 1.807) is 12.1 Å². The van der Waals surface area contributed by atoms with E-state index in [0.717, 1.165) is 0 Å². The Morgan fingerprint density at radius 2 is 2.05 bits per heavy atom. The molecule has 1 amide bonds. The number of amides is 1. The number of aromatic amines is 1. The minimum atomic E-state index is -0.660. The zero-order valence-electron chi connectivity index (χ0n) is 11.8. The van der Waals surface area contributed by atoms with Crippen molar-refractivity contribution in [2.24, 2.45) is 5.73 Å². The van der Waals surface area contributed by atoms with Gasteiger partial charge in [-0.15, -0.1) is 0 Å². The van der Waals surface area contributed by atoms with Gasteiger partial charge in [0.2, 0.25) is 0 Å². The van der Waals surface area contributed by atoms with Gasteiger partial charge < -0.3 is 15.2 Å². The maximum atomic E-state index is 11.4. The van der Waals surface area contributed by atoms with E-state index in [2.05, 4.69) is 31.3 Å². The molecule has 0 aliphatic heterocycles. The molecule has 0 radical (unpaired) electrons. The number of aromatic nitrogens is 3. The highest BCUT2D eigenvalue weighted by Crippen LogP contribution is 2.39. The molecule has 0 spiro atoms. The lowest BCUT2D eigenvalue weighted by Crippen LogP contribution is -2.13. The number of benzene rings is 1. The minimum Gasteiger partial charge on any atom is -0.493 e. The van der Waals surface area contributed by atoms with Gasteiger partial charge in [-0.25, -0.2) is 0 Å². The summed E-state index contributed by atoms with van der Waals surface area (Å²) in [7, 11) is 1.54. The van der Waals surface area contributed by atoms with Crippen molar-refractivity contribution < 1.29 is 14.3 Å². The van der Waals surface area contributed by atoms with Gasteiger partial charge in [-0.1, -0.05) is 0 Å². The maximum Gasteiger partial charge on any atom is 0.271 e. The fourth-order valence-corrected chi connectivity index (χ4v) is 2.32. The summed E-state index contributed by atoms with van der Waals surface area (Å²) < 4.78 is 11.7. The highest BCUT2D eigenvalue weighted by molar-refractivity contribution is 9.10. The summed E-state index contributed by atoms with van der Waals surface area (Å²) in [6.07, 6.45) is 0.00452. The van der Waals surface area contributed by atoms with E-state index >= 15 is 0 Å². The Balaban J connectivity index is 2.55. The van der Waals surface area contributed by atoms with Crippen molar-refractivity contribution in [2.75, 3.05) is 7.11 Å². The Kier molecular flexibility index (Phi) is 4.46. The van der Waals surface area contributed by atoms with E-state index in [0.29, 0.717) is 27.2 Å². The van der Waals surface area contributed by atoms with E-state index in [9.17, 15) is 4.79 Å². The number of halogens is 1. The third-order valence-electron chi connectivity index (χ3n) is 2.65. The third-order valence-corrected chi connectivity index (χ3v) is 3.31. The molecular formula is C13H15BrN4O3. The second kappa shape index (κ2) is 6.13. The number of nitrogens with one attached hydrogen (secondary N) is 1. The number of hydrogen-bond acceptors (Lipinski definition) is 5. The number of methoxy groups -OCH3 is 1. The lowest BCUT2D eigenvalue weighted by atomic mass is 10.1. The molecule has 1 aromatic carbocycles. The monoisotopic (exact) mass is 354 g/mol. The predicted octanol–water partition coefficient (Wildman–Crippen LogP) is 2.13. The Labute approximate surface area is 129 Å². The van der Waals surface area contributed by atoms with E-state index in [4.69, 9.17) is 15.2 Å². The molecular weight excluding hydrogens is 340 g/mol. The fourth-order valence-electron chi connectivity index (χ4n) is 1.81. The number of hydrogen-bond donors (Lipinski definition) is 2. The predicted molar refractivity (Wildman–Crippen MR) is 80.4 cm³/mol. The highest BCUT2D eigenvalue weighted by Gasteiger charge is 2.20. The van der Waals surface area contributed by atoms with Crippen molar-refractivity contribution >= 4 is 21.8 Å². The standard InChI is InChI=1S/C13H15BrN4O3/c1-6(2)21-10-5-8(14)7(4-9(10)20-3)11-12(13(15)19)17-18-16-11/h4-6H,1-3H3,(H2,15,19)(H,16,17,18). The quantitative estimate of drug-likeness (QED) is 0.855. The van der Waals surface area contributed by atoms with Crippen LogP contribution in [0.15, 0.2) is 16.6 Å². The van der Waals surface area contributed by atoms with Crippen molar-refractivity contribution in [2.45, 2.75) is 20.0 Å². The first-order valence-corrected chi connectivity index (χ1v) is 6.98. The average molecular weight is 355 g/mol. The SMILES string of the molecule is COc1cc(-c2n[nH]nc2C(N)=O)c(Br)cc1OC(C)C. The second-order valence-electron chi connectivity index (χ2n) is 4.53. The fraction of sp³-hybridized carbons (Fsp3) is 0.308. The first-order chi connectivity index (χ1) is 9.93. The van der Waals surface area contributed by atoms with Gasteiger partial charge >= 0.3 is 0 Å². The van der Waals surface area contributed by atoms with Crippen LogP contribution in [0.3, 0.4) is 0 Å². The molecule has 0 aliphatic rings. The summed E-state index contributed by atoms with van der Waals surface area (Å²) in [6, 6.07) is 3.47. The molecule has 2 rings (SSSR count). The number of carbonyl (C=O) groups is 1. The average Bonchev–Trinajstić information content (AvgIpc) is 2.87. The van der Waals surface area contributed by atoms with E-state index in [1.165, 1.54) is 7.11 Å². The molecule has 0 aliphatic carbocycles. The van der Waals surface area contributed by atoms with Crippen LogP contribution in [0.25, 0.3) is 11.3 Å². The van der Waals surface area contributed by atoms with Crippen molar-refractivity contribution in [3.8, 4) is 22.8 Å². The second-order valence-corrected chi connectivity index (χ2v) is 5.39. The Morgan fingerprint density at radius 1 is 1.33 bits per heavy atom. The molecule has 0 atom stereocenters. The summed E-state index contributed by atoms with van der Waals surface area (Å²) in [5, 5.41) is 10.1. The molecule has 1 aromatic heterocycles. The maximum absolute atomic E-state index is 11.4. The van der Waals surface area contributed by atoms with E-state index in [1.807, 2.05) is 13.8 Å². The first-order valence-electron chi connectivity index (χ1n) is 6.19. The number of rotatable bonds is 5. The van der Waals surface area contributed by atoms with Gasteiger partial charge in [0, 0.05) is 10.0 Å². The molecule has 8 heteroatoms. The number of nitrogens with zero attached hydrogens (tertiary/aromatic N) is 2. The van der Waals surface area contributed by atoms with Crippen LogP contribution in [0.4, 0.5) is 0 Å². The van der Waals surface area contributed by atoms with Crippen LogP contribution < -0.4 is 15.2 Å². The molecule has 0 fully saturated rings. The number of nitrogens with two attached hydrogens (primary N) is 1. The summed E-state index contributed by atoms with van der Waals surface area (Å²) in [4.78, 5) is 11.4. The summed E-state index contributed by atoms with van der Waals surface area (Å²) in [6.45, 7) is 3.84. The van der Waals surface area contributed by atoms with Crippen LogP contribution >= 0.6 is 15.9 Å². The van der Waals surface area contributed by atoms with Crippen molar-refractivity contribution in [1.82, 2.24) is 15.4 Å². The van der Waals surface area contributed by atoms with Gasteiger partial charge in [0.15, 0.2) is 17.2 Å². The molecule has 0 saturated heterocycles. The van der Waals surface area contributed by atoms with Crippen LogP contribution in [-0.4, -0.2) is 34.5 Å². The molecule has 0 bridgehead atoms. The van der Waals surface area contributed by atoms with E-state index < -0.39 is 5.91 Å². The van der Waals surface area contributed by atoms with Gasteiger partial charge in [-0.05, 0) is 41.9 Å². The lowest BCUT2D eigenvalue weighted by molar-refractivity contribution is 0.0996. The smallest absolute Gasteiger partial charge is 0.271 e. The third kappa shape index (κ3) is 3.15. The summed E-state index contributed by atoms with van der Waals surface area (Å²) >= 11 is 3.44. The van der Waals surface area contributed by atoms with Crippen LogP contribution in [-0.2, 0) is 0 Å². The first kappa shape index (κ1) is 15.3. The largest absolute Gasteiger partial charge is 0.493 e. The van der Waals surface area contributed by atoms with Crippen molar-refractivity contribution in [3.63, 3.8) is 0 Å². The van der Waals surface area contributed by atoms with Gasteiger partial charge in [0.1, 0.15) is 5.69 Å². The topological polar surface area (TPSA) is 103 Å². The van der Waals surface area contributed by atoms with E-state index in [-0.39, 0.29) is 11.8 Å². The van der Waals surface area contributed by atoms with Crippen LogP contribution in [0.2, 0.25) is 0 Å². The lowest BCUT2D eigenvalue weighted by Gasteiger charge is -2.15. The minimum absolute atomic E-state index is 0.00452. The van der Waals surface area contributed by atoms with Gasteiger partial charge in [0.25, 0.3) is 5.91 Å². The van der Waals surface area contributed by atoms with Crippen molar-refractivity contribution in [3.05, 3.63) is 22.3 Å². The Bertz CT molecular complexity index is 669. The molecule has 0 saturated carbocycles. The zero-order chi connectivity index (χ0) is 15.6. The summed E-state index contributed by atoms with van der Waals surface area (Å²) in [5.41, 5.74) is 6.33. The molecule has 1 heterocycles. The van der Waals surface area contributed by atoms with Crippen molar-refractivity contribution in [1.29, 1.82) is 0 Å². The van der Waals surface area contributed by atoms with Crippen LogP contribution in [0.1, 0.15) is 24.3 Å². The van der Waals surface area contributed by atoms with Gasteiger partial charge in [-0.3, -0.25) is 4.79 Å². The molecule has 3 N–H and O–H groups in total. The number of ether oxygens (including phenoxy) is 2. The normalized spacial score (nSPS) is 10.7. The number of carbonyl (C=O) groups excluding carboxylic acids is 1. The molecule has 112 valence electrons. The zero-order valence-corrected chi connectivity index (χ0v) is 13.4.